The van der Waals surface area contributed by atoms with Crippen LogP contribution in [0, 0.1) is 0 Å². The minimum Gasteiger partial charge on any atom is -0.382 e. The maximum Gasteiger partial charge on any atom is 0.272 e. The van der Waals surface area contributed by atoms with Gasteiger partial charge in [0.1, 0.15) is 11.5 Å². The van der Waals surface area contributed by atoms with Gasteiger partial charge in [-0.05, 0) is 37.1 Å². The van der Waals surface area contributed by atoms with Gasteiger partial charge < -0.3 is 15.1 Å². The summed E-state index contributed by atoms with van der Waals surface area (Å²) >= 11 is 0. The molecule has 3 heterocycles. The van der Waals surface area contributed by atoms with Crippen LogP contribution in [-0.4, -0.2) is 53.0 Å². The number of rotatable bonds is 4. The highest BCUT2D eigenvalue weighted by molar-refractivity contribution is 5.93. The van der Waals surface area contributed by atoms with Crippen LogP contribution in [0.25, 0.3) is 0 Å². The number of nitrogens with zero attached hydrogens (tertiary/aromatic N) is 4. The smallest absolute Gasteiger partial charge is 0.272 e. The third-order valence-corrected chi connectivity index (χ3v) is 5.75. The number of nitrogens with one attached hydrogen (secondary N) is 1. The number of hydrogen-bond acceptors (Lipinski definition) is 5. The normalized spacial score (nSPS) is 18.6. The van der Waals surface area contributed by atoms with Crippen LogP contribution in [0.4, 0.5) is 11.5 Å². The molecule has 28 heavy (non-hydrogen) atoms. The van der Waals surface area contributed by atoms with Crippen molar-refractivity contribution in [3.05, 3.63) is 48.4 Å². The van der Waals surface area contributed by atoms with Gasteiger partial charge in [0.2, 0.25) is 0 Å². The van der Waals surface area contributed by atoms with Crippen LogP contribution in [0.1, 0.15) is 49.0 Å². The number of carbonyl (C=O) groups is 1. The molecule has 1 aliphatic heterocycles. The molecule has 0 aromatic carbocycles. The highest BCUT2D eigenvalue weighted by Gasteiger charge is 2.24. The van der Waals surface area contributed by atoms with E-state index in [-0.39, 0.29) is 5.91 Å². The Morgan fingerprint density at radius 2 is 1.71 bits per heavy atom. The van der Waals surface area contributed by atoms with E-state index in [1.165, 1.54) is 38.5 Å². The van der Waals surface area contributed by atoms with Crippen molar-refractivity contribution in [2.75, 3.05) is 36.4 Å². The van der Waals surface area contributed by atoms with Gasteiger partial charge in [0.25, 0.3) is 5.91 Å². The molecule has 2 fully saturated rings. The summed E-state index contributed by atoms with van der Waals surface area (Å²) in [5, 5.41) is 3.62. The molecule has 2 aliphatic rings. The summed E-state index contributed by atoms with van der Waals surface area (Å²) < 4.78 is 0. The Kier molecular flexibility index (Phi) is 6.04. The van der Waals surface area contributed by atoms with E-state index in [1.807, 2.05) is 41.4 Å². The Bertz CT molecular complexity index is 766. The zero-order valence-corrected chi connectivity index (χ0v) is 16.4. The van der Waals surface area contributed by atoms with E-state index in [1.54, 1.807) is 6.20 Å². The summed E-state index contributed by atoms with van der Waals surface area (Å²) in [4.78, 5) is 25.8. The highest BCUT2D eigenvalue weighted by atomic mass is 16.2. The summed E-state index contributed by atoms with van der Waals surface area (Å²) in [6.45, 7) is 2.97. The van der Waals surface area contributed by atoms with E-state index in [4.69, 9.17) is 0 Å². The molecule has 0 spiro atoms. The molecule has 1 saturated carbocycles. The lowest BCUT2D eigenvalue weighted by Gasteiger charge is -2.35. The first kappa shape index (κ1) is 18.7. The second kappa shape index (κ2) is 9.04. The molecule has 6 nitrogen and oxygen atoms in total. The second-order valence-electron chi connectivity index (χ2n) is 7.73. The standard InChI is InChI=1S/C22H29N5O/c28-22(27-15-13-26(14-16-27)21-9-5-6-11-24-21)20-17-19(10-12-23-20)25-18-7-3-1-2-4-8-18/h5-6,9-12,17-18H,1-4,7-8,13-16H2,(H,23,25). The fourth-order valence-corrected chi connectivity index (χ4v) is 4.14. The molecule has 1 aliphatic carbocycles. The number of hydrogen-bond donors (Lipinski definition) is 1. The van der Waals surface area contributed by atoms with Crippen molar-refractivity contribution in [3.8, 4) is 0 Å². The van der Waals surface area contributed by atoms with Gasteiger partial charge in [-0.1, -0.05) is 31.7 Å². The van der Waals surface area contributed by atoms with Crippen LogP contribution >= 0.6 is 0 Å². The molecule has 1 amide bonds. The van der Waals surface area contributed by atoms with Gasteiger partial charge in [0.05, 0.1) is 0 Å². The molecule has 1 saturated heterocycles. The van der Waals surface area contributed by atoms with Crippen LogP contribution in [0.3, 0.4) is 0 Å². The van der Waals surface area contributed by atoms with Gasteiger partial charge in [-0.2, -0.15) is 0 Å². The topological polar surface area (TPSA) is 61.4 Å². The number of aromatic nitrogens is 2. The molecule has 1 N–H and O–H groups in total. The van der Waals surface area contributed by atoms with E-state index in [0.29, 0.717) is 24.8 Å². The third-order valence-electron chi connectivity index (χ3n) is 5.75. The molecule has 0 atom stereocenters. The molecular weight excluding hydrogens is 350 g/mol. The van der Waals surface area contributed by atoms with Crippen LogP contribution in [-0.2, 0) is 0 Å². The van der Waals surface area contributed by atoms with Crippen LogP contribution in [0.5, 0.6) is 0 Å². The van der Waals surface area contributed by atoms with Crippen molar-refractivity contribution >= 4 is 17.4 Å². The van der Waals surface area contributed by atoms with E-state index < -0.39 is 0 Å². The lowest BCUT2D eigenvalue weighted by molar-refractivity contribution is 0.0740. The predicted octanol–water partition coefficient (Wildman–Crippen LogP) is 3.57. The van der Waals surface area contributed by atoms with Crippen LogP contribution in [0.2, 0.25) is 0 Å². The van der Waals surface area contributed by atoms with Crippen molar-refractivity contribution in [1.29, 1.82) is 0 Å². The SMILES string of the molecule is O=C(c1cc(NC2CCCCCC2)ccn1)N1CCN(c2ccccn2)CC1. The Labute approximate surface area is 167 Å². The summed E-state index contributed by atoms with van der Waals surface area (Å²) in [5.41, 5.74) is 1.54. The van der Waals surface area contributed by atoms with Crippen molar-refractivity contribution in [3.63, 3.8) is 0 Å². The fourth-order valence-electron chi connectivity index (χ4n) is 4.14. The largest absolute Gasteiger partial charge is 0.382 e. The maximum absolute atomic E-state index is 12.9. The monoisotopic (exact) mass is 379 g/mol. The second-order valence-corrected chi connectivity index (χ2v) is 7.73. The van der Waals surface area contributed by atoms with Crippen molar-refractivity contribution in [2.45, 2.75) is 44.6 Å². The first-order valence-corrected chi connectivity index (χ1v) is 10.5. The molecule has 2 aromatic heterocycles. The van der Waals surface area contributed by atoms with Gasteiger partial charge in [-0.15, -0.1) is 0 Å². The number of pyridine rings is 2. The number of carbonyl (C=O) groups excluding carboxylic acids is 1. The van der Waals surface area contributed by atoms with Crippen LogP contribution in [0.15, 0.2) is 42.7 Å². The summed E-state index contributed by atoms with van der Waals surface area (Å²) in [7, 11) is 0. The van der Waals surface area contributed by atoms with E-state index in [2.05, 4.69) is 20.2 Å². The van der Waals surface area contributed by atoms with Crippen LogP contribution < -0.4 is 10.2 Å². The quantitative estimate of drug-likeness (QED) is 0.823. The zero-order valence-electron chi connectivity index (χ0n) is 16.4. The van der Waals surface area contributed by atoms with Gasteiger partial charge in [-0.3, -0.25) is 9.78 Å². The van der Waals surface area contributed by atoms with Gasteiger partial charge in [-0.25, -0.2) is 4.98 Å². The first-order valence-electron chi connectivity index (χ1n) is 10.5. The minimum atomic E-state index is 0.0187. The molecule has 2 aromatic rings. The van der Waals surface area contributed by atoms with Crippen molar-refractivity contribution in [2.24, 2.45) is 0 Å². The first-order chi connectivity index (χ1) is 13.8. The number of piperazine rings is 1. The Morgan fingerprint density at radius 3 is 2.43 bits per heavy atom. The van der Waals surface area contributed by atoms with E-state index in [9.17, 15) is 4.79 Å². The number of anilines is 2. The predicted molar refractivity (Wildman–Crippen MR) is 112 cm³/mol. The number of amides is 1. The van der Waals surface area contributed by atoms with Gasteiger partial charge >= 0.3 is 0 Å². The van der Waals surface area contributed by atoms with Gasteiger partial charge in [0.15, 0.2) is 0 Å². The molecule has 4 rings (SSSR count). The lowest BCUT2D eigenvalue weighted by Crippen LogP contribution is -2.49. The molecule has 0 unspecified atom stereocenters. The maximum atomic E-state index is 12.9. The Balaban J connectivity index is 1.36. The van der Waals surface area contributed by atoms with Crippen molar-refractivity contribution < 1.29 is 4.79 Å². The minimum absolute atomic E-state index is 0.0187. The molecule has 0 radical (unpaired) electrons. The van der Waals surface area contributed by atoms with Crippen molar-refractivity contribution in [1.82, 2.24) is 14.9 Å². The highest BCUT2D eigenvalue weighted by Crippen LogP contribution is 2.22. The average Bonchev–Trinajstić information content (AvgIpc) is 3.03. The summed E-state index contributed by atoms with van der Waals surface area (Å²) in [6, 6.07) is 10.3. The van der Waals surface area contributed by atoms with Gasteiger partial charge in [0, 0.05) is 50.3 Å². The summed E-state index contributed by atoms with van der Waals surface area (Å²) in [5.74, 6) is 0.993. The molecule has 0 bridgehead atoms. The average molecular weight is 380 g/mol. The van der Waals surface area contributed by atoms with E-state index >= 15 is 0 Å². The third kappa shape index (κ3) is 4.61. The molecule has 6 heteroatoms. The molecule has 148 valence electrons. The Morgan fingerprint density at radius 1 is 0.929 bits per heavy atom. The zero-order chi connectivity index (χ0) is 19.2. The fraction of sp³-hybridized carbons (Fsp3) is 0.500. The molecular formula is C22H29N5O. The Hall–Kier alpha value is -2.63. The summed E-state index contributed by atoms with van der Waals surface area (Å²) in [6.07, 6.45) is 11.2. The lowest BCUT2D eigenvalue weighted by atomic mass is 10.1. The van der Waals surface area contributed by atoms with E-state index in [0.717, 1.165) is 24.6 Å².